The second-order valence-electron chi connectivity index (χ2n) is 5.37. The highest BCUT2D eigenvalue weighted by atomic mass is 35.5. The molecule has 2 atom stereocenters. The van der Waals surface area contributed by atoms with Gasteiger partial charge in [0.25, 0.3) is 0 Å². The number of unbranched alkanes of at least 4 members (excludes halogenated alkanes) is 1. The maximum absolute atomic E-state index is 8.60. The van der Waals surface area contributed by atoms with Crippen molar-refractivity contribution in [3.8, 4) is 0 Å². The van der Waals surface area contributed by atoms with Crippen molar-refractivity contribution in [1.29, 1.82) is 0 Å². The van der Waals surface area contributed by atoms with Crippen LogP contribution in [0.15, 0.2) is 30.3 Å². The van der Waals surface area contributed by atoms with E-state index in [0.717, 1.165) is 12.0 Å². The molecule has 0 bridgehead atoms. The molecule has 0 saturated heterocycles. The van der Waals surface area contributed by atoms with Crippen LogP contribution in [0.4, 0.5) is 0 Å². The van der Waals surface area contributed by atoms with Crippen LogP contribution in [0.2, 0.25) is 0 Å². The average Bonchev–Trinajstić information content (AvgIpc) is 3.04. The Morgan fingerprint density at radius 2 is 1.96 bits per heavy atom. The van der Waals surface area contributed by atoms with Crippen molar-refractivity contribution in [3.05, 3.63) is 41.7 Å². The van der Waals surface area contributed by atoms with Crippen molar-refractivity contribution in [1.82, 2.24) is 20.2 Å². The fourth-order valence-electron chi connectivity index (χ4n) is 2.38. The molecule has 1 heterocycles. The minimum absolute atomic E-state index is 0. The zero-order valence-electron chi connectivity index (χ0n) is 13.5. The van der Waals surface area contributed by atoms with Crippen molar-refractivity contribution < 1.29 is 14.7 Å². The minimum atomic E-state index is -1.72. The van der Waals surface area contributed by atoms with Gasteiger partial charge in [-0.1, -0.05) is 30.3 Å². The lowest BCUT2D eigenvalue weighted by Crippen LogP contribution is -2.21. The SMILES string of the molecule is CC(c1ccccc1)n1nnnc1C(N)CCCCOB(O)O.Cl. The zero-order chi connectivity index (χ0) is 16.7. The van der Waals surface area contributed by atoms with Crippen LogP contribution < -0.4 is 5.73 Å². The van der Waals surface area contributed by atoms with Gasteiger partial charge in [0.2, 0.25) is 0 Å². The first-order chi connectivity index (χ1) is 11.1. The molecule has 2 aromatic rings. The Morgan fingerprint density at radius 3 is 2.62 bits per heavy atom. The van der Waals surface area contributed by atoms with Gasteiger partial charge >= 0.3 is 7.32 Å². The molecular weight excluding hydrogens is 332 g/mol. The van der Waals surface area contributed by atoms with Gasteiger partial charge in [0.15, 0.2) is 5.82 Å². The van der Waals surface area contributed by atoms with Crippen LogP contribution in [0, 0.1) is 0 Å². The van der Waals surface area contributed by atoms with E-state index in [4.69, 9.17) is 15.8 Å². The smallest absolute Gasteiger partial charge is 0.402 e. The Morgan fingerprint density at radius 1 is 1.25 bits per heavy atom. The number of hydrogen-bond acceptors (Lipinski definition) is 7. The van der Waals surface area contributed by atoms with Gasteiger partial charge in [-0.25, -0.2) is 4.68 Å². The van der Waals surface area contributed by atoms with Crippen LogP contribution in [0.1, 0.15) is 49.7 Å². The summed E-state index contributed by atoms with van der Waals surface area (Å²) in [5.41, 5.74) is 7.31. The summed E-state index contributed by atoms with van der Waals surface area (Å²) in [6.07, 6.45) is 2.15. The number of nitrogens with zero attached hydrogens (tertiary/aromatic N) is 4. The quantitative estimate of drug-likeness (QED) is 0.451. The maximum atomic E-state index is 8.60. The molecule has 0 aliphatic heterocycles. The molecule has 8 nitrogen and oxygen atoms in total. The third-order valence-corrected chi connectivity index (χ3v) is 3.68. The lowest BCUT2D eigenvalue weighted by Gasteiger charge is -2.17. The third kappa shape index (κ3) is 5.84. The Hall–Kier alpha value is -1.52. The molecule has 0 amide bonds. The van der Waals surface area contributed by atoms with E-state index >= 15 is 0 Å². The summed E-state index contributed by atoms with van der Waals surface area (Å²) in [6.45, 7) is 2.30. The summed E-state index contributed by atoms with van der Waals surface area (Å²) < 4.78 is 6.40. The number of rotatable bonds is 9. The highest BCUT2D eigenvalue weighted by Gasteiger charge is 2.19. The Kier molecular flexibility index (Phi) is 8.87. The molecule has 0 aliphatic carbocycles. The van der Waals surface area contributed by atoms with Gasteiger partial charge in [-0.15, -0.1) is 17.5 Å². The predicted octanol–water partition coefficient (Wildman–Crippen LogP) is 0.860. The van der Waals surface area contributed by atoms with Crippen molar-refractivity contribution in [2.45, 2.75) is 38.3 Å². The number of halogens is 1. The predicted molar refractivity (Wildman–Crippen MR) is 92.2 cm³/mol. The van der Waals surface area contributed by atoms with E-state index < -0.39 is 7.32 Å². The van der Waals surface area contributed by atoms with E-state index in [2.05, 4.69) is 20.2 Å². The highest BCUT2D eigenvalue weighted by Crippen LogP contribution is 2.21. The van der Waals surface area contributed by atoms with Crippen LogP contribution in [0.3, 0.4) is 0 Å². The van der Waals surface area contributed by atoms with Crippen LogP contribution in [-0.4, -0.2) is 44.2 Å². The topological polar surface area (TPSA) is 119 Å². The fourth-order valence-corrected chi connectivity index (χ4v) is 2.38. The van der Waals surface area contributed by atoms with Crippen molar-refractivity contribution in [2.24, 2.45) is 5.73 Å². The first kappa shape index (κ1) is 20.5. The number of hydrogen-bond donors (Lipinski definition) is 3. The standard InChI is InChI=1S/C14H22BN5O3.ClH/c1-11(12-7-3-2-4-8-12)20-14(17-18-19-20)13(16)9-5-6-10-23-15(21)22;/h2-4,7-8,11,13,21-22H,5-6,9-10,16H2,1H3;1H. The van der Waals surface area contributed by atoms with Crippen molar-refractivity contribution in [3.63, 3.8) is 0 Å². The Labute approximate surface area is 147 Å². The lowest BCUT2D eigenvalue weighted by molar-refractivity contribution is 0.181. The average molecular weight is 356 g/mol. The molecule has 0 aliphatic rings. The molecular formula is C14H23BClN5O3. The van der Waals surface area contributed by atoms with Gasteiger partial charge in [0, 0.05) is 6.61 Å². The van der Waals surface area contributed by atoms with E-state index in [1.54, 1.807) is 4.68 Å². The van der Waals surface area contributed by atoms with E-state index in [9.17, 15) is 0 Å². The van der Waals surface area contributed by atoms with Crippen molar-refractivity contribution >= 4 is 19.7 Å². The second kappa shape index (κ2) is 10.4. The summed E-state index contributed by atoms with van der Waals surface area (Å²) in [7, 11) is -1.72. The van der Waals surface area contributed by atoms with Gasteiger partial charge in [0.05, 0.1) is 12.1 Å². The van der Waals surface area contributed by atoms with Gasteiger partial charge < -0.3 is 20.4 Å². The Balaban J connectivity index is 0.00000288. The summed E-state index contributed by atoms with van der Waals surface area (Å²) in [6, 6.07) is 9.69. The third-order valence-electron chi connectivity index (χ3n) is 3.68. The molecule has 24 heavy (non-hydrogen) atoms. The van der Waals surface area contributed by atoms with Gasteiger partial charge in [-0.2, -0.15) is 0 Å². The molecule has 2 unspecified atom stereocenters. The number of aromatic nitrogens is 4. The van der Waals surface area contributed by atoms with Gasteiger partial charge in [-0.3, -0.25) is 0 Å². The molecule has 0 saturated carbocycles. The summed E-state index contributed by atoms with van der Waals surface area (Å²) in [5.74, 6) is 0.643. The molecule has 1 aromatic heterocycles. The van der Waals surface area contributed by atoms with Gasteiger partial charge in [0.1, 0.15) is 0 Å². The second-order valence-corrected chi connectivity index (χ2v) is 5.37. The molecule has 0 fully saturated rings. The molecule has 4 N–H and O–H groups in total. The molecule has 0 spiro atoms. The molecule has 1 aromatic carbocycles. The maximum Gasteiger partial charge on any atom is 0.633 e. The summed E-state index contributed by atoms with van der Waals surface area (Å²) in [5, 5.41) is 29.1. The lowest BCUT2D eigenvalue weighted by atomic mass is 10.1. The summed E-state index contributed by atoms with van der Waals surface area (Å²) in [4.78, 5) is 0. The number of benzene rings is 1. The first-order valence-corrected chi connectivity index (χ1v) is 7.65. The monoisotopic (exact) mass is 355 g/mol. The molecule has 0 radical (unpaired) electrons. The van der Waals surface area contributed by atoms with Crippen LogP contribution in [0.5, 0.6) is 0 Å². The zero-order valence-corrected chi connectivity index (χ0v) is 14.3. The van der Waals surface area contributed by atoms with Crippen LogP contribution in [-0.2, 0) is 4.65 Å². The fraction of sp³-hybridized carbons (Fsp3) is 0.500. The Bertz CT molecular complexity index is 587. The minimum Gasteiger partial charge on any atom is -0.402 e. The number of tetrazole rings is 1. The summed E-state index contributed by atoms with van der Waals surface area (Å²) >= 11 is 0. The van der Waals surface area contributed by atoms with E-state index in [0.29, 0.717) is 18.7 Å². The normalized spacial score (nSPS) is 13.2. The number of nitrogens with two attached hydrogens (primary N) is 1. The van der Waals surface area contributed by atoms with Crippen LogP contribution >= 0.6 is 12.4 Å². The molecule has 2 rings (SSSR count). The highest BCUT2D eigenvalue weighted by molar-refractivity contribution is 6.32. The van der Waals surface area contributed by atoms with Crippen LogP contribution in [0.25, 0.3) is 0 Å². The molecule has 132 valence electrons. The largest absolute Gasteiger partial charge is 0.633 e. The van der Waals surface area contributed by atoms with Gasteiger partial charge in [-0.05, 0) is 42.2 Å². The van der Waals surface area contributed by atoms with E-state index in [1.165, 1.54) is 0 Å². The van der Waals surface area contributed by atoms with Crippen molar-refractivity contribution in [2.75, 3.05) is 6.61 Å². The van der Waals surface area contributed by atoms with E-state index in [-0.39, 0.29) is 31.1 Å². The molecule has 10 heteroatoms. The first-order valence-electron chi connectivity index (χ1n) is 7.65. The van der Waals surface area contributed by atoms with E-state index in [1.807, 2.05) is 37.3 Å².